The van der Waals surface area contributed by atoms with E-state index >= 15 is 0 Å². The zero-order chi connectivity index (χ0) is 13.4. The summed E-state index contributed by atoms with van der Waals surface area (Å²) in [6.07, 6.45) is 0.588. The van der Waals surface area contributed by atoms with E-state index < -0.39 is 0 Å². The summed E-state index contributed by atoms with van der Waals surface area (Å²) in [7, 11) is 0. The molecule has 2 heteroatoms. The number of rotatable bonds is 1. The van der Waals surface area contributed by atoms with Gasteiger partial charge in [0.25, 0.3) is 0 Å². The average Bonchev–Trinajstić information content (AvgIpc) is 2.41. The first-order chi connectivity index (χ1) is 9.15. The van der Waals surface area contributed by atoms with Crippen molar-refractivity contribution in [3.05, 3.63) is 59.2 Å². The van der Waals surface area contributed by atoms with E-state index in [4.69, 9.17) is 0 Å². The minimum atomic E-state index is 0.252. The number of anilines is 2. The first kappa shape index (κ1) is 12.0. The van der Waals surface area contributed by atoms with Crippen molar-refractivity contribution in [2.75, 3.05) is 11.4 Å². The van der Waals surface area contributed by atoms with Crippen molar-refractivity contribution in [1.29, 1.82) is 0 Å². The van der Waals surface area contributed by atoms with Crippen molar-refractivity contribution >= 4 is 17.2 Å². The fourth-order valence-corrected chi connectivity index (χ4v) is 2.57. The van der Waals surface area contributed by atoms with Crippen LogP contribution in [0.4, 0.5) is 11.4 Å². The number of hydrogen-bond donors (Lipinski definition) is 0. The van der Waals surface area contributed by atoms with Crippen molar-refractivity contribution in [3.63, 3.8) is 0 Å². The van der Waals surface area contributed by atoms with Crippen LogP contribution in [0.25, 0.3) is 0 Å². The number of Topliss-reactive ketones (excluding diaryl/α,β-unsaturated/α-hetero) is 1. The molecule has 0 fully saturated rings. The van der Waals surface area contributed by atoms with Gasteiger partial charge in [-0.2, -0.15) is 0 Å². The highest BCUT2D eigenvalue weighted by Crippen LogP contribution is 2.33. The molecular weight excluding hydrogens is 234 g/mol. The number of aryl methyl sites for hydroxylation is 2. The van der Waals surface area contributed by atoms with Crippen LogP contribution in [0.3, 0.4) is 0 Å². The number of nitrogens with zero attached hydrogens (tertiary/aromatic N) is 1. The van der Waals surface area contributed by atoms with Gasteiger partial charge in [-0.15, -0.1) is 0 Å². The molecule has 0 aliphatic carbocycles. The molecular formula is C17H17NO. The second-order valence-corrected chi connectivity index (χ2v) is 5.18. The van der Waals surface area contributed by atoms with Gasteiger partial charge in [0, 0.05) is 24.2 Å². The van der Waals surface area contributed by atoms with Crippen molar-refractivity contribution in [3.8, 4) is 0 Å². The molecule has 2 aromatic carbocycles. The summed E-state index contributed by atoms with van der Waals surface area (Å²) in [6, 6.07) is 14.6. The summed E-state index contributed by atoms with van der Waals surface area (Å²) in [4.78, 5) is 14.3. The third-order valence-corrected chi connectivity index (χ3v) is 3.65. The van der Waals surface area contributed by atoms with Gasteiger partial charge in [-0.05, 0) is 38.1 Å². The van der Waals surface area contributed by atoms with Gasteiger partial charge in [-0.1, -0.05) is 29.3 Å². The van der Waals surface area contributed by atoms with E-state index in [1.165, 1.54) is 5.56 Å². The average molecular weight is 251 g/mol. The number of ketones is 1. The summed E-state index contributed by atoms with van der Waals surface area (Å²) >= 11 is 0. The predicted molar refractivity (Wildman–Crippen MR) is 78.3 cm³/mol. The Labute approximate surface area is 113 Å². The summed E-state index contributed by atoms with van der Waals surface area (Å²) in [5, 5.41) is 0. The van der Waals surface area contributed by atoms with E-state index in [1.54, 1.807) is 0 Å². The minimum Gasteiger partial charge on any atom is -0.340 e. The minimum absolute atomic E-state index is 0.252. The third kappa shape index (κ3) is 2.14. The Hall–Kier alpha value is -2.09. The molecule has 2 aromatic rings. The van der Waals surface area contributed by atoms with Gasteiger partial charge in [-0.25, -0.2) is 0 Å². The maximum atomic E-state index is 12.0. The standard InChI is InChI=1S/C17H17NO/c1-12-3-6-14(7-4-12)18-10-9-17(19)15-11-13(2)5-8-16(15)18/h3-8,11H,9-10H2,1-2H3. The van der Waals surface area contributed by atoms with Crippen LogP contribution in [0.2, 0.25) is 0 Å². The Morgan fingerprint density at radius 1 is 0.947 bits per heavy atom. The van der Waals surface area contributed by atoms with Gasteiger partial charge in [0.2, 0.25) is 0 Å². The lowest BCUT2D eigenvalue weighted by atomic mass is 9.97. The molecule has 0 aromatic heterocycles. The topological polar surface area (TPSA) is 20.3 Å². The highest BCUT2D eigenvalue weighted by Gasteiger charge is 2.23. The molecule has 0 spiro atoms. The lowest BCUT2D eigenvalue weighted by Gasteiger charge is -2.31. The highest BCUT2D eigenvalue weighted by molar-refractivity contribution is 6.04. The Morgan fingerprint density at radius 2 is 1.63 bits per heavy atom. The molecule has 0 saturated heterocycles. The number of fused-ring (bicyclic) bond motifs is 1. The van der Waals surface area contributed by atoms with Gasteiger partial charge in [0.1, 0.15) is 0 Å². The molecule has 3 rings (SSSR count). The summed E-state index contributed by atoms with van der Waals surface area (Å²) < 4.78 is 0. The Kier molecular flexibility index (Phi) is 2.86. The van der Waals surface area contributed by atoms with Crippen LogP contribution in [0.1, 0.15) is 27.9 Å². The zero-order valence-corrected chi connectivity index (χ0v) is 11.3. The first-order valence-corrected chi connectivity index (χ1v) is 6.63. The van der Waals surface area contributed by atoms with Crippen LogP contribution in [-0.2, 0) is 0 Å². The largest absolute Gasteiger partial charge is 0.340 e. The molecule has 19 heavy (non-hydrogen) atoms. The summed E-state index contributed by atoms with van der Waals surface area (Å²) in [5.41, 5.74) is 5.43. The van der Waals surface area contributed by atoms with Crippen molar-refractivity contribution < 1.29 is 4.79 Å². The van der Waals surface area contributed by atoms with Gasteiger partial charge >= 0.3 is 0 Å². The molecule has 0 N–H and O–H groups in total. The van der Waals surface area contributed by atoms with Gasteiger partial charge in [0.05, 0.1) is 5.69 Å². The molecule has 1 aliphatic rings. The number of hydrogen-bond acceptors (Lipinski definition) is 2. The van der Waals surface area contributed by atoms with E-state index in [9.17, 15) is 4.79 Å². The highest BCUT2D eigenvalue weighted by atomic mass is 16.1. The van der Waals surface area contributed by atoms with E-state index in [1.807, 2.05) is 13.0 Å². The predicted octanol–water partition coefficient (Wildman–Crippen LogP) is 4.03. The number of benzene rings is 2. The quantitative estimate of drug-likeness (QED) is 0.762. The number of carbonyl (C=O) groups excluding carboxylic acids is 1. The van der Waals surface area contributed by atoms with Crippen molar-refractivity contribution in [2.24, 2.45) is 0 Å². The molecule has 96 valence electrons. The Balaban J connectivity index is 2.08. The third-order valence-electron chi connectivity index (χ3n) is 3.65. The summed E-state index contributed by atoms with van der Waals surface area (Å²) in [6.45, 7) is 4.87. The van der Waals surface area contributed by atoms with Crippen LogP contribution in [0.15, 0.2) is 42.5 Å². The maximum absolute atomic E-state index is 12.0. The first-order valence-electron chi connectivity index (χ1n) is 6.63. The van der Waals surface area contributed by atoms with Crippen molar-refractivity contribution in [1.82, 2.24) is 0 Å². The van der Waals surface area contributed by atoms with E-state index in [2.05, 4.69) is 48.2 Å². The second kappa shape index (κ2) is 4.54. The van der Waals surface area contributed by atoms with Crippen LogP contribution in [-0.4, -0.2) is 12.3 Å². The van der Waals surface area contributed by atoms with E-state index in [0.717, 1.165) is 29.0 Å². The Morgan fingerprint density at radius 3 is 2.37 bits per heavy atom. The van der Waals surface area contributed by atoms with Crippen LogP contribution >= 0.6 is 0 Å². The second-order valence-electron chi connectivity index (χ2n) is 5.18. The molecule has 0 atom stereocenters. The van der Waals surface area contributed by atoms with Crippen LogP contribution < -0.4 is 4.90 Å². The van der Waals surface area contributed by atoms with Crippen molar-refractivity contribution in [2.45, 2.75) is 20.3 Å². The van der Waals surface area contributed by atoms with Gasteiger partial charge in [0.15, 0.2) is 5.78 Å². The van der Waals surface area contributed by atoms with E-state index in [-0.39, 0.29) is 5.78 Å². The lowest BCUT2D eigenvalue weighted by molar-refractivity contribution is 0.0981. The fourth-order valence-electron chi connectivity index (χ4n) is 2.57. The van der Waals surface area contributed by atoms with Crippen LogP contribution in [0.5, 0.6) is 0 Å². The molecule has 2 nitrogen and oxygen atoms in total. The zero-order valence-electron chi connectivity index (χ0n) is 11.3. The smallest absolute Gasteiger partial charge is 0.166 e. The summed E-state index contributed by atoms with van der Waals surface area (Å²) in [5.74, 6) is 0.252. The Bertz CT molecular complexity index is 628. The monoisotopic (exact) mass is 251 g/mol. The van der Waals surface area contributed by atoms with Gasteiger partial charge < -0.3 is 4.90 Å². The SMILES string of the molecule is Cc1ccc(N2CCC(=O)c3cc(C)ccc32)cc1. The molecule has 0 bridgehead atoms. The molecule has 1 aliphatic heterocycles. The normalized spacial score (nSPS) is 14.4. The molecule has 0 saturated carbocycles. The fraction of sp³-hybridized carbons (Fsp3) is 0.235. The van der Waals surface area contributed by atoms with E-state index in [0.29, 0.717) is 6.42 Å². The molecule has 0 amide bonds. The number of carbonyl (C=O) groups is 1. The molecule has 0 radical (unpaired) electrons. The van der Waals surface area contributed by atoms with Gasteiger partial charge in [-0.3, -0.25) is 4.79 Å². The van der Waals surface area contributed by atoms with Crippen LogP contribution in [0, 0.1) is 13.8 Å². The molecule has 0 unspecified atom stereocenters. The molecule has 1 heterocycles. The maximum Gasteiger partial charge on any atom is 0.166 e. The lowest BCUT2D eigenvalue weighted by Crippen LogP contribution is -2.28.